The van der Waals surface area contributed by atoms with Gasteiger partial charge in [0.05, 0.1) is 5.41 Å². The number of hydrogen-bond acceptors (Lipinski definition) is 4. The molecule has 7 heteroatoms. The monoisotopic (exact) mass is 434 g/mol. The van der Waals surface area contributed by atoms with Crippen LogP contribution in [0.4, 0.5) is 0 Å². The third-order valence-corrected chi connectivity index (χ3v) is 6.72. The minimum Gasteiger partial charge on any atom is -0.352 e. The molecule has 0 aliphatic carbocycles. The van der Waals surface area contributed by atoms with E-state index >= 15 is 0 Å². The summed E-state index contributed by atoms with van der Waals surface area (Å²) in [5.74, 6) is -0.153. The van der Waals surface area contributed by atoms with Crippen molar-refractivity contribution in [2.24, 2.45) is 5.41 Å². The Morgan fingerprint density at radius 3 is 2.87 bits per heavy atom. The molecule has 160 valence electrons. The minimum atomic E-state index is -0.704. The van der Waals surface area contributed by atoms with Crippen molar-refractivity contribution in [3.8, 4) is 10.4 Å². The molecule has 0 bridgehead atoms. The molecule has 1 fully saturated rings. The summed E-state index contributed by atoms with van der Waals surface area (Å²) in [6, 6.07) is 14.0. The lowest BCUT2D eigenvalue weighted by Crippen LogP contribution is -2.54. The van der Waals surface area contributed by atoms with Gasteiger partial charge in [0.25, 0.3) is 5.91 Å². The second kappa shape index (κ2) is 9.31. The first-order valence-corrected chi connectivity index (χ1v) is 11.3. The van der Waals surface area contributed by atoms with Gasteiger partial charge >= 0.3 is 0 Å². The van der Waals surface area contributed by atoms with E-state index in [9.17, 15) is 9.59 Å². The molecule has 3 aromatic rings. The van der Waals surface area contributed by atoms with E-state index in [1.165, 1.54) is 4.88 Å². The fourth-order valence-electron chi connectivity index (χ4n) is 4.32. The Hall–Kier alpha value is -3.19. The molecule has 2 aromatic heterocycles. The number of amides is 2. The van der Waals surface area contributed by atoms with Gasteiger partial charge in [0.2, 0.25) is 5.91 Å². The van der Waals surface area contributed by atoms with Crippen LogP contribution < -0.4 is 5.32 Å². The predicted molar refractivity (Wildman–Crippen MR) is 123 cm³/mol. The van der Waals surface area contributed by atoms with Crippen LogP contribution in [-0.4, -0.2) is 46.5 Å². The number of nitrogens with zero attached hydrogens (tertiary/aromatic N) is 2. The number of benzene rings is 1. The Kier molecular flexibility index (Phi) is 6.32. The van der Waals surface area contributed by atoms with Crippen LogP contribution in [0.3, 0.4) is 0 Å². The number of thiophene rings is 1. The second-order valence-electron chi connectivity index (χ2n) is 7.89. The lowest BCUT2D eigenvalue weighted by Gasteiger charge is -2.42. The fraction of sp³-hybridized carbons (Fsp3) is 0.292. The van der Waals surface area contributed by atoms with E-state index in [1.807, 2.05) is 18.2 Å². The van der Waals surface area contributed by atoms with Gasteiger partial charge < -0.3 is 10.2 Å². The number of aromatic nitrogens is 2. The van der Waals surface area contributed by atoms with Crippen molar-refractivity contribution in [1.29, 1.82) is 0 Å². The van der Waals surface area contributed by atoms with Crippen LogP contribution in [0.5, 0.6) is 0 Å². The average Bonchev–Trinajstić information content (AvgIpc) is 3.52. The summed E-state index contributed by atoms with van der Waals surface area (Å²) >= 11 is 1.69. The zero-order valence-electron chi connectivity index (χ0n) is 17.3. The standard InChI is InChI=1S/C24H26N4O2S/c1-2-12-25-23(30)24(11-6-14-28(17-24)22(29)20-10-13-26-27-20)16-18-7-3-4-8-19(18)21-9-5-15-31-21/h2-5,7-10,13,15H,1,6,11-12,14,16-17H2,(H,25,30)(H,26,27). The van der Waals surface area contributed by atoms with Gasteiger partial charge in [-0.25, -0.2) is 0 Å². The first-order valence-electron chi connectivity index (χ1n) is 10.4. The molecule has 1 saturated heterocycles. The van der Waals surface area contributed by atoms with Crippen LogP contribution in [-0.2, 0) is 11.2 Å². The van der Waals surface area contributed by atoms with E-state index in [2.05, 4.69) is 45.7 Å². The second-order valence-corrected chi connectivity index (χ2v) is 8.84. The van der Waals surface area contributed by atoms with Gasteiger partial charge in [0.1, 0.15) is 5.69 Å². The van der Waals surface area contributed by atoms with Crippen molar-refractivity contribution < 1.29 is 9.59 Å². The maximum atomic E-state index is 13.4. The number of carbonyl (C=O) groups is 2. The van der Waals surface area contributed by atoms with Crippen LogP contribution in [0.25, 0.3) is 10.4 Å². The van der Waals surface area contributed by atoms with Crippen molar-refractivity contribution in [3.05, 3.63) is 78.0 Å². The highest BCUT2D eigenvalue weighted by molar-refractivity contribution is 7.13. The van der Waals surface area contributed by atoms with Crippen molar-refractivity contribution >= 4 is 23.2 Å². The van der Waals surface area contributed by atoms with E-state index in [4.69, 9.17) is 0 Å². The smallest absolute Gasteiger partial charge is 0.271 e. The Balaban J connectivity index is 1.67. The lowest BCUT2D eigenvalue weighted by molar-refractivity contribution is -0.133. The summed E-state index contributed by atoms with van der Waals surface area (Å²) in [7, 11) is 0. The highest BCUT2D eigenvalue weighted by Gasteiger charge is 2.44. The zero-order valence-corrected chi connectivity index (χ0v) is 18.2. The number of hydrogen-bond donors (Lipinski definition) is 2. The van der Waals surface area contributed by atoms with Gasteiger partial charge in [-0.2, -0.15) is 5.10 Å². The third-order valence-electron chi connectivity index (χ3n) is 5.82. The van der Waals surface area contributed by atoms with Gasteiger partial charge in [-0.1, -0.05) is 36.4 Å². The summed E-state index contributed by atoms with van der Waals surface area (Å²) in [6.07, 6.45) is 5.31. The van der Waals surface area contributed by atoms with Crippen molar-refractivity contribution in [1.82, 2.24) is 20.4 Å². The van der Waals surface area contributed by atoms with E-state index in [-0.39, 0.29) is 11.8 Å². The largest absolute Gasteiger partial charge is 0.352 e. The Bertz CT molecular complexity index is 1050. The molecule has 6 nitrogen and oxygen atoms in total. The van der Waals surface area contributed by atoms with E-state index in [0.717, 1.165) is 24.0 Å². The van der Waals surface area contributed by atoms with Gasteiger partial charge in [-0.05, 0) is 47.9 Å². The molecule has 1 aliphatic rings. The Morgan fingerprint density at radius 2 is 2.13 bits per heavy atom. The number of rotatable bonds is 7. The number of nitrogens with one attached hydrogen (secondary N) is 2. The summed E-state index contributed by atoms with van der Waals surface area (Å²) in [5, 5.41) is 11.7. The normalized spacial score (nSPS) is 18.5. The van der Waals surface area contributed by atoms with Gasteiger partial charge in [0.15, 0.2) is 0 Å². The third kappa shape index (κ3) is 4.46. The number of carbonyl (C=O) groups excluding carboxylic acids is 2. The molecule has 3 heterocycles. The van der Waals surface area contributed by atoms with Crippen LogP contribution in [0, 0.1) is 5.41 Å². The molecule has 1 aromatic carbocycles. The number of H-pyrrole nitrogens is 1. The number of piperidine rings is 1. The summed E-state index contributed by atoms with van der Waals surface area (Å²) in [5.41, 5.74) is 2.01. The molecule has 4 rings (SSSR count). The van der Waals surface area contributed by atoms with Gasteiger partial charge in [-0.15, -0.1) is 17.9 Å². The molecule has 0 saturated carbocycles. The first kappa shape index (κ1) is 21.1. The highest BCUT2D eigenvalue weighted by Crippen LogP contribution is 2.38. The quantitative estimate of drug-likeness (QED) is 0.554. The maximum Gasteiger partial charge on any atom is 0.271 e. The van der Waals surface area contributed by atoms with E-state index < -0.39 is 5.41 Å². The van der Waals surface area contributed by atoms with Crippen LogP contribution >= 0.6 is 11.3 Å². The SMILES string of the molecule is C=CCNC(=O)C1(Cc2ccccc2-c2cccs2)CCCN(C(=O)c2ccn[nH]2)C1. The lowest BCUT2D eigenvalue weighted by atomic mass is 9.73. The molecule has 2 N–H and O–H groups in total. The number of likely N-dealkylation sites (tertiary alicyclic amines) is 1. The first-order chi connectivity index (χ1) is 15.1. The van der Waals surface area contributed by atoms with E-state index in [0.29, 0.717) is 31.7 Å². The van der Waals surface area contributed by atoms with Crippen LogP contribution in [0.2, 0.25) is 0 Å². The highest BCUT2D eigenvalue weighted by atomic mass is 32.1. The molecule has 1 unspecified atom stereocenters. The molecular formula is C24H26N4O2S. The predicted octanol–water partition coefficient (Wildman–Crippen LogP) is 3.91. The molecule has 31 heavy (non-hydrogen) atoms. The fourth-order valence-corrected chi connectivity index (χ4v) is 5.11. The summed E-state index contributed by atoms with van der Waals surface area (Å²) < 4.78 is 0. The van der Waals surface area contributed by atoms with Crippen molar-refractivity contribution in [2.75, 3.05) is 19.6 Å². The van der Waals surface area contributed by atoms with Crippen molar-refractivity contribution in [3.63, 3.8) is 0 Å². The van der Waals surface area contributed by atoms with Gasteiger partial charge in [0, 0.05) is 30.7 Å². The molecular weight excluding hydrogens is 408 g/mol. The van der Waals surface area contributed by atoms with Gasteiger partial charge in [-0.3, -0.25) is 14.7 Å². The summed E-state index contributed by atoms with van der Waals surface area (Å²) in [6.45, 7) is 5.12. The molecule has 1 aliphatic heterocycles. The molecule has 1 atom stereocenters. The van der Waals surface area contributed by atoms with Crippen LogP contribution in [0.15, 0.2) is 66.7 Å². The summed E-state index contributed by atoms with van der Waals surface area (Å²) in [4.78, 5) is 29.4. The Labute approximate surface area is 186 Å². The molecule has 2 amide bonds. The van der Waals surface area contributed by atoms with Crippen LogP contribution in [0.1, 0.15) is 28.9 Å². The van der Waals surface area contributed by atoms with Crippen molar-refractivity contribution in [2.45, 2.75) is 19.3 Å². The van der Waals surface area contributed by atoms with E-state index in [1.54, 1.807) is 34.6 Å². The topological polar surface area (TPSA) is 78.1 Å². The average molecular weight is 435 g/mol. The maximum absolute atomic E-state index is 13.4. The molecule has 0 spiro atoms. The Morgan fingerprint density at radius 1 is 1.26 bits per heavy atom. The molecule has 0 radical (unpaired) electrons. The zero-order chi connectivity index (χ0) is 21.7. The minimum absolute atomic E-state index is 0.0320. The number of aromatic amines is 1.